The molecule has 0 aliphatic carbocycles. The molecule has 0 bridgehead atoms. The molecule has 0 radical (unpaired) electrons. The summed E-state index contributed by atoms with van der Waals surface area (Å²) in [4.78, 5) is 0.266. The highest BCUT2D eigenvalue weighted by molar-refractivity contribution is 7.99. The highest BCUT2D eigenvalue weighted by Gasteiger charge is 2.22. The molecule has 0 aromatic heterocycles. The largest absolute Gasteiger partial charge is 0.395 e. The van der Waals surface area contributed by atoms with E-state index in [1.165, 1.54) is 0 Å². The van der Waals surface area contributed by atoms with Gasteiger partial charge in [0.25, 0.3) is 0 Å². The van der Waals surface area contributed by atoms with Crippen LogP contribution in [0.1, 0.15) is 18.4 Å². The molecule has 1 aliphatic rings. The number of aliphatic hydroxyl groups is 1. The van der Waals surface area contributed by atoms with Gasteiger partial charge in [-0.3, -0.25) is 0 Å². The number of benzene rings is 1. The molecule has 108 valence electrons. The Kier molecular flexibility index (Phi) is 5.49. The van der Waals surface area contributed by atoms with Gasteiger partial charge in [-0.15, -0.1) is 0 Å². The number of sulfonamides is 1. The van der Waals surface area contributed by atoms with Gasteiger partial charge in [-0.25, -0.2) is 13.1 Å². The predicted octanol–water partition coefficient (Wildman–Crippen LogP) is 1.20. The van der Waals surface area contributed by atoms with E-state index in [9.17, 15) is 8.42 Å². The summed E-state index contributed by atoms with van der Waals surface area (Å²) in [6, 6.07) is 6.53. The molecule has 2 rings (SSSR count). The van der Waals surface area contributed by atoms with Gasteiger partial charge in [0.15, 0.2) is 0 Å². The highest BCUT2D eigenvalue weighted by Crippen LogP contribution is 2.19. The Labute approximate surface area is 124 Å². The lowest BCUT2D eigenvalue weighted by Crippen LogP contribution is -2.34. The van der Waals surface area contributed by atoms with E-state index in [1.54, 1.807) is 36.0 Å². The summed E-state index contributed by atoms with van der Waals surface area (Å²) in [7, 11) is -3.44. The maximum atomic E-state index is 12.2. The van der Waals surface area contributed by atoms with Crippen LogP contribution in [0.15, 0.2) is 29.2 Å². The molecule has 0 saturated carbocycles. The first-order valence-electron chi connectivity index (χ1n) is 6.42. The van der Waals surface area contributed by atoms with Crippen molar-refractivity contribution < 1.29 is 13.5 Å². The zero-order valence-corrected chi connectivity index (χ0v) is 12.6. The van der Waals surface area contributed by atoms with Crippen molar-refractivity contribution >= 4 is 21.8 Å². The van der Waals surface area contributed by atoms with Crippen LogP contribution in [0.25, 0.3) is 0 Å². The van der Waals surface area contributed by atoms with Crippen molar-refractivity contribution in [1.29, 1.82) is 0 Å². The van der Waals surface area contributed by atoms with Crippen LogP contribution in [0.5, 0.6) is 0 Å². The number of aliphatic hydroxyl groups excluding tert-OH is 1. The molecule has 1 atom stereocenters. The lowest BCUT2D eigenvalue weighted by molar-refractivity contribution is 0.305. The first kappa shape index (κ1) is 15.4. The first-order valence-corrected chi connectivity index (χ1v) is 9.05. The quantitative estimate of drug-likeness (QED) is 0.820. The smallest absolute Gasteiger partial charge is 0.240 e. The molecule has 2 N–H and O–H groups in total. The Morgan fingerprint density at radius 2 is 2.10 bits per heavy atom. The normalized spacial score (nSPS) is 18.6. The summed E-state index contributed by atoms with van der Waals surface area (Å²) in [5.74, 6) is 7.51. The molecule has 1 aromatic rings. The third-order valence-corrected chi connectivity index (χ3v) is 5.58. The minimum atomic E-state index is -3.44. The molecule has 1 aromatic carbocycles. The van der Waals surface area contributed by atoms with Crippen LogP contribution in [-0.2, 0) is 10.0 Å². The average molecular weight is 311 g/mol. The minimum absolute atomic E-state index is 0.0305. The van der Waals surface area contributed by atoms with Gasteiger partial charge in [-0.1, -0.05) is 11.8 Å². The second kappa shape index (κ2) is 7.14. The zero-order chi connectivity index (χ0) is 14.4. The fourth-order valence-electron chi connectivity index (χ4n) is 1.85. The molecular formula is C14H17NO3S2. The Morgan fingerprint density at radius 3 is 2.70 bits per heavy atom. The Morgan fingerprint density at radius 1 is 1.35 bits per heavy atom. The maximum Gasteiger partial charge on any atom is 0.240 e. The monoisotopic (exact) mass is 311 g/mol. The first-order chi connectivity index (χ1) is 9.62. The molecule has 1 saturated heterocycles. The zero-order valence-electron chi connectivity index (χ0n) is 11.0. The van der Waals surface area contributed by atoms with Gasteiger partial charge in [0.1, 0.15) is 0 Å². The van der Waals surface area contributed by atoms with Gasteiger partial charge in [0.05, 0.1) is 11.5 Å². The van der Waals surface area contributed by atoms with Crippen LogP contribution in [0.2, 0.25) is 0 Å². The molecule has 1 heterocycles. The minimum Gasteiger partial charge on any atom is -0.395 e. The van der Waals surface area contributed by atoms with E-state index in [-0.39, 0.29) is 17.5 Å². The summed E-state index contributed by atoms with van der Waals surface area (Å²) in [5.41, 5.74) is 0.744. The van der Waals surface area contributed by atoms with E-state index in [4.69, 9.17) is 5.11 Å². The second-order valence-electron chi connectivity index (χ2n) is 4.48. The van der Waals surface area contributed by atoms with Crippen LogP contribution in [0.4, 0.5) is 0 Å². The second-order valence-corrected chi connectivity index (χ2v) is 7.35. The number of rotatable bonds is 4. The Bertz CT molecular complexity index is 594. The molecule has 1 aliphatic heterocycles. The van der Waals surface area contributed by atoms with Crippen molar-refractivity contribution in [2.24, 2.45) is 0 Å². The number of nitrogens with one attached hydrogen (secondary N) is 1. The summed E-state index contributed by atoms with van der Waals surface area (Å²) in [6.07, 6.45) is 1.30. The predicted molar refractivity (Wildman–Crippen MR) is 81.1 cm³/mol. The third kappa shape index (κ3) is 4.25. The molecule has 0 spiro atoms. The summed E-state index contributed by atoms with van der Waals surface area (Å²) >= 11 is 1.77. The van der Waals surface area contributed by atoms with Gasteiger partial charge in [-0.05, 0) is 36.4 Å². The van der Waals surface area contributed by atoms with Crippen LogP contribution >= 0.6 is 11.8 Å². The average Bonchev–Trinajstić information content (AvgIpc) is 2.92. The van der Waals surface area contributed by atoms with E-state index in [1.807, 2.05) is 0 Å². The molecule has 0 amide bonds. The topological polar surface area (TPSA) is 66.4 Å². The van der Waals surface area contributed by atoms with Gasteiger partial charge in [0.2, 0.25) is 10.0 Å². The Balaban J connectivity index is 2.06. The highest BCUT2D eigenvalue weighted by atomic mass is 32.2. The summed E-state index contributed by atoms with van der Waals surface area (Å²) < 4.78 is 27.1. The van der Waals surface area contributed by atoms with Gasteiger partial charge in [-0.2, -0.15) is 11.8 Å². The van der Waals surface area contributed by atoms with Gasteiger partial charge in [0, 0.05) is 23.8 Å². The lowest BCUT2D eigenvalue weighted by atomic mass is 10.2. The molecule has 20 heavy (non-hydrogen) atoms. The molecule has 4 nitrogen and oxygen atoms in total. The van der Waals surface area contributed by atoms with Crippen LogP contribution in [0, 0.1) is 11.8 Å². The fraction of sp³-hybridized carbons (Fsp3) is 0.429. The van der Waals surface area contributed by atoms with Crippen LogP contribution in [-0.4, -0.2) is 37.7 Å². The van der Waals surface area contributed by atoms with E-state index >= 15 is 0 Å². The van der Waals surface area contributed by atoms with E-state index in [0.717, 1.165) is 23.5 Å². The summed E-state index contributed by atoms with van der Waals surface area (Å²) in [6.45, 7) is 0.0305. The van der Waals surface area contributed by atoms with E-state index in [0.29, 0.717) is 6.42 Å². The van der Waals surface area contributed by atoms with Crippen molar-refractivity contribution in [2.45, 2.75) is 23.8 Å². The standard InChI is InChI=1S/C14H17NO3S2/c16-9-2-1-3-12-4-6-14(7-5-12)20(17,18)15-13-8-10-19-11-13/h4-7,13,15-16H,2,8-11H2. The van der Waals surface area contributed by atoms with Crippen molar-refractivity contribution in [3.05, 3.63) is 29.8 Å². The molecule has 1 fully saturated rings. The van der Waals surface area contributed by atoms with Crippen LogP contribution < -0.4 is 4.72 Å². The van der Waals surface area contributed by atoms with Crippen molar-refractivity contribution in [3.63, 3.8) is 0 Å². The third-order valence-electron chi connectivity index (χ3n) is 2.89. The van der Waals surface area contributed by atoms with Crippen LogP contribution in [0.3, 0.4) is 0 Å². The fourth-order valence-corrected chi connectivity index (χ4v) is 4.38. The van der Waals surface area contributed by atoms with E-state index < -0.39 is 10.0 Å². The molecule has 1 unspecified atom stereocenters. The Hall–Kier alpha value is -1.00. The molecule has 6 heteroatoms. The van der Waals surface area contributed by atoms with Crippen molar-refractivity contribution in [1.82, 2.24) is 4.72 Å². The number of hydrogen-bond acceptors (Lipinski definition) is 4. The summed E-state index contributed by atoms with van der Waals surface area (Å²) in [5, 5.41) is 8.64. The van der Waals surface area contributed by atoms with Gasteiger partial charge < -0.3 is 5.11 Å². The van der Waals surface area contributed by atoms with Crippen molar-refractivity contribution in [3.8, 4) is 11.8 Å². The lowest BCUT2D eigenvalue weighted by Gasteiger charge is -2.11. The number of hydrogen-bond donors (Lipinski definition) is 2. The number of thioether (sulfide) groups is 1. The SMILES string of the molecule is O=S(=O)(NC1CCSC1)c1ccc(C#CCCO)cc1. The van der Waals surface area contributed by atoms with E-state index in [2.05, 4.69) is 16.6 Å². The maximum absolute atomic E-state index is 12.2. The van der Waals surface area contributed by atoms with Crippen molar-refractivity contribution in [2.75, 3.05) is 18.1 Å². The van der Waals surface area contributed by atoms with Gasteiger partial charge >= 0.3 is 0 Å². The molecular weight excluding hydrogens is 294 g/mol.